The second-order valence-electron chi connectivity index (χ2n) is 11.2. The summed E-state index contributed by atoms with van der Waals surface area (Å²) in [5.74, 6) is 0.471. The van der Waals surface area contributed by atoms with Gasteiger partial charge in [0, 0.05) is 40.9 Å². The van der Waals surface area contributed by atoms with Crippen LogP contribution in [-0.2, 0) is 4.79 Å². The van der Waals surface area contributed by atoms with E-state index in [1.165, 1.54) is 11.1 Å². The molecule has 1 aliphatic heterocycles. The monoisotopic (exact) mass is 553 g/mol. The molecule has 2 N–H and O–H groups in total. The number of carbonyl (C=O) groups excluding carboxylic acids is 1. The molecular weight excluding hydrogens is 518 g/mol. The van der Waals surface area contributed by atoms with Crippen LogP contribution in [0.3, 0.4) is 0 Å². The number of amides is 1. The lowest BCUT2D eigenvalue weighted by atomic mass is 9.95. The largest absolute Gasteiger partial charge is 0.494 e. The van der Waals surface area contributed by atoms with Crippen LogP contribution in [-0.4, -0.2) is 27.7 Å². The van der Waals surface area contributed by atoms with E-state index in [0.29, 0.717) is 16.5 Å². The maximum absolute atomic E-state index is 12.7. The van der Waals surface area contributed by atoms with Crippen LogP contribution >= 0.6 is 12.2 Å². The highest BCUT2D eigenvalue weighted by atomic mass is 32.1. The van der Waals surface area contributed by atoms with Crippen molar-refractivity contribution in [2.45, 2.75) is 46.7 Å². The Morgan fingerprint density at radius 1 is 1.00 bits per heavy atom. The molecule has 3 heterocycles. The SMILES string of the molecule is COc1cc(N2C(=S)NC(c3ccccn3)C2c2cccn2-c2ccc(C)c(C)c2)ccc1NC(=O)C(C)(C)C. The fourth-order valence-electron chi connectivity index (χ4n) is 4.92. The number of aromatic nitrogens is 2. The third kappa shape index (κ3) is 5.19. The van der Waals surface area contributed by atoms with Gasteiger partial charge in [-0.25, -0.2) is 0 Å². The van der Waals surface area contributed by atoms with Crippen LogP contribution in [0.4, 0.5) is 11.4 Å². The van der Waals surface area contributed by atoms with Gasteiger partial charge in [-0.1, -0.05) is 32.9 Å². The predicted molar refractivity (Wildman–Crippen MR) is 164 cm³/mol. The Bertz CT molecular complexity index is 1560. The predicted octanol–water partition coefficient (Wildman–Crippen LogP) is 6.66. The van der Waals surface area contributed by atoms with Crippen LogP contribution in [0.1, 0.15) is 55.4 Å². The minimum Gasteiger partial charge on any atom is -0.494 e. The minimum absolute atomic E-state index is 0.0868. The van der Waals surface area contributed by atoms with E-state index in [2.05, 4.69) is 75.5 Å². The zero-order chi connectivity index (χ0) is 28.6. The molecule has 0 radical (unpaired) electrons. The molecule has 7 nitrogen and oxygen atoms in total. The summed E-state index contributed by atoms with van der Waals surface area (Å²) in [6, 6.07) is 22.0. The molecule has 40 heavy (non-hydrogen) atoms. The van der Waals surface area contributed by atoms with Crippen molar-refractivity contribution in [2.24, 2.45) is 5.41 Å². The maximum atomic E-state index is 12.7. The molecule has 0 spiro atoms. The summed E-state index contributed by atoms with van der Waals surface area (Å²) in [5.41, 5.74) is 6.44. The first-order chi connectivity index (χ1) is 19.1. The van der Waals surface area contributed by atoms with Gasteiger partial charge in [0.2, 0.25) is 5.91 Å². The first-order valence-electron chi connectivity index (χ1n) is 13.3. The normalized spacial score (nSPS) is 17.1. The molecule has 206 valence electrons. The Morgan fingerprint density at radius 3 is 2.45 bits per heavy atom. The van der Waals surface area contributed by atoms with Gasteiger partial charge in [-0.05, 0) is 85.7 Å². The number of methoxy groups -OCH3 is 1. The van der Waals surface area contributed by atoms with E-state index < -0.39 is 5.41 Å². The lowest BCUT2D eigenvalue weighted by molar-refractivity contribution is -0.123. The summed E-state index contributed by atoms with van der Waals surface area (Å²) in [4.78, 5) is 19.5. The van der Waals surface area contributed by atoms with Crippen LogP contribution < -0.4 is 20.3 Å². The molecule has 1 amide bonds. The molecule has 1 saturated heterocycles. The lowest BCUT2D eigenvalue weighted by Gasteiger charge is -2.29. The minimum atomic E-state index is -0.537. The molecule has 4 aromatic rings. The third-order valence-electron chi connectivity index (χ3n) is 7.34. The Labute approximate surface area is 241 Å². The number of hydrogen-bond donors (Lipinski definition) is 2. The van der Waals surface area contributed by atoms with Crippen molar-refractivity contribution >= 4 is 34.6 Å². The van der Waals surface area contributed by atoms with Gasteiger partial charge in [0.25, 0.3) is 0 Å². The molecule has 2 atom stereocenters. The van der Waals surface area contributed by atoms with E-state index in [4.69, 9.17) is 17.0 Å². The summed E-state index contributed by atoms with van der Waals surface area (Å²) in [6.45, 7) is 9.89. The van der Waals surface area contributed by atoms with Gasteiger partial charge in [0.1, 0.15) is 11.8 Å². The van der Waals surface area contributed by atoms with Crippen molar-refractivity contribution in [1.82, 2.24) is 14.9 Å². The smallest absolute Gasteiger partial charge is 0.229 e. The first kappa shape index (κ1) is 27.4. The van der Waals surface area contributed by atoms with Crippen LogP contribution in [0.15, 0.2) is 79.1 Å². The fraction of sp³-hybridized carbons (Fsp3) is 0.281. The zero-order valence-electron chi connectivity index (χ0n) is 23.7. The Hall–Kier alpha value is -4.17. The highest BCUT2D eigenvalue weighted by molar-refractivity contribution is 7.80. The average molecular weight is 554 g/mol. The molecule has 8 heteroatoms. The number of thiocarbonyl (C=S) groups is 1. The van der Waals surface area contributed by atoms with E-state index in [9.17, 15) is 4.79 Å². The highest BCUT2D eigenvalue weighted by Crippen LogP contribution is 2.44. The number of carbonyl (C=O) groups is 1. The molecule has 0 aliphatic carbocycles. The number of pyridine rings is 1. The van der Waals surface area contributed by atoms with E-state index >= 15 is 0 Å². The summed E-state index contributed by atoms with van der Waals surface area (Å²) in [5, 5.41) is 7.12. The van der Waals surface area contributed by atoms with Crippen molar-refractivity contribution < 1.29 is 9.53 Å². The van der Waals surface area contributed by atoms with Gasteiger partial charge in [0.05, 0.1) is 24.5 Å². The topological polar surface area (TPSA) is 71.4 Å². The summed E-state index contributed by atoms with van der Waals surface area (Å²) < 4.78 is 7.94. The fourth-order valence-corrected chi connectivity index (χ4v) is 5.27. The van der Waals surface area contributed by atoms with Crippen molar-refractivity contribution in [1.29, 1.82) is 0 Å². The van der Waals surface area contributed by atoms with E-state index in [1.807, 2.05) is 57.2 Å². The molecule has 2 aromatic heterocycles. The molecule has 0 saturated carbocycles. The van der Waals surface area contributed by atoms with E-state index in [1.54, 1.807) is 13.3 Å². The van der Waals surface area contributed by atoms with E-state index in [-0.39, 0.29) is 18.0 Å². The molecule has 2 aromatic carbocycles. The number of aryl methyl sites for hydroxylation is 2. The number of rotatable bonds is 6. The van der Waals surface area contributed by atoms with Gasteiger partial charge in [-0.15, -0.1) is 0 Å². The Kier molecular flexibility index (Phi) is 7.38. The Morgan fingerprint density at radius 2 is 1.77 bits per heavy atom. The average Bonchev–Trinajstić information content (AvgIpc) is 3.54. The van der Waals surface area contributed by atoms with Crippen molar-refractivity contribution in [3.8, 4) is 11.4 Å². The van der Waals surface area contributed by atoms with Crippen molar-refractivity contribution in [3.63, 3.8) is 0 Å². The third-order valence-corrected chi connectivity index (χ3v) is 7.66. The molecule has 0 bridgehead atoms. The van der Waals surface area contributed by atoms with Crippen LogP contribution in [0.25, 0.3) is 5.69 Å². The molecule has 2 unspecified atom stereocenters. The maximum Gasteiger partial charge on any atom is 0.229 e. The van der Waals surface area contributed by atoms with Crippen LogP contribution in [0.5, 0.6) is 5.75 Å². The quantitative estimate of drug-likeness (QED) is 0.260. The molecular formula is C32H35N5O2S. The van der Waals surface area contributed by atoms with Gasteiger partial charge in [0.15, 0.2) is 5.11 Å². The number of hydrogen-bond acceptors (Lipinski definition) is 4. The van der Waals surface area contributed by atoms with Crippen molar-refractivity contribution in [3.05, 3.63) is 102 Å². The summed E-state index contributed by atoms with van der Waals surface area (Å²) in [6.07, 6.45) is 3.89. The molecule has 1 aliphatic rings. The van der Waals surface area contributed by atoms with E-state index in [0.717, 1.165) is 22.8 Å². The van der Waals surface area contributed by atoms with Gasteiger partial charge in [-0.2, -0.15) is 0 Å². The number of ether oxygens (including phenoxy) is 1. The zero-order valence-corrected chi connectivity index (χ0v) is 24.5. The number of nitrogens with one attached hydrogen (secondary N) is 2. The number of benzene rings is 2. The van der Waals surface area contributed by atoms with Gasteiger partial charge >= 0.3 is 0 Å². The number of anilines is 2. The summed E-state index contributed by atoms with van der Waals surface area (Å²) >= 11 is 5.95. The standard InChI is InChI=1S/C32H35N5O2S/c1-20-12-13-22(18-21(20)2)36-17-9-11-26(36)29-28(25-10-7-8-16-33-25)35-31(40)37(29)23-14-15-24(27(19-23)39-6)34-30(38)32(3,4)5/h7-19,28-29H,1-6H3,(H,34,38)(H,35,40). The van der Waals surface area contributed by atoms with Crippen molar-refractivity contribution in [2.75, 3.05) is 17.3 Å². The van der Waals surface area contributed by atoms with Gasteiger partial charge < -0.3 is 24.8 Å². The molecule has 1 fully saturated rings. The van der Waals surface area contributed by atoms with Crippen LogP contribution in [0.2, 0.25) is 0 Å². The summed E-state index contributed by atoms with van der Waals surface area (Å²) in [7, 11) is 1.60. The Balaban J connectivity index is 1.61. The second kappa shape index (κ2) is 10.8. The lowest BCUT2D eigenvalue weighted by Crippen LogP contribution is -2.30. The number of nitrogens with zero attached hydrogens (tertiary/aromatic N) is 3. The highest BCUT2D eigenvalue weighted by Gasteiger charge is 2.42. The molecule has 5 rings (SSSR count). The first-order valence-corrected chi connectivity index (χ1v) is 13.7. The second-order valence-corrected chi connectivity index (χ2v) is 11.5. The van der Waals surface area contributed by atoms with Crippen LogP contribution in [0, 0.1) is 19.3 Å². The van der Waals surface area contributed by atoms with Gasteiger partial charge in [-0.3, -0.25) is 9.78 Å².